The average molecular weight is 140 g/mol. The van der Waals surface area contributed by atoms with Gasteiger partial charge in [0.05, 0.1) is 0 Å². The highest BCUT2D eigenvalue weighted by Crippen LogP contribution is 1.79. The van der Waals surface area contributed by atoms with E-state index in [-0.39, 0.29) is 0 Å². The maximum atomic E-state index is 10.4. The molecule has 5 heteroatoms. The van der Waals surface area contributed by atoms with Gasteiger partial charge in [0, 0.05) is 25.3 Å². The van der Waals surface area contributed by atoms with Gasteiger partial charge in [0.2, 0.25) is 0 Å². The minimum Gasteiger partial charge on any atom is -0.238 e. The van der Waals surface area contributed by atoms with Crippen LogP contribution in [0, 0.1) is 0 Å². The van der Waals surface area contributed by atoms with Crippen LogP contribution >= 0.6 is 0 Å². The van der Waals surface area contributed by atoms with Crippen molar-refractivity contribution in [2.45, 2.75) is 0 Å². The summed E-state index contributed by atoms with van der Waals surface area (Å²) < 4.78 is 11.7. The molecule has 0 saturated carbocycles. The van der Waals surface area contributed by atoms with Crippen LogP contribution in [0.4, 0.5) is 0 Å². The molecule has 7 heavy (non-hydrogen) atoms. The fraction of sp³-hybridized carbons (Fsp3) is 1.00. The number of nitrogens with zero attached hydrogens (tertiary/aromatic N) is 1. The molecule has 0 aliphatic heterocycles. The van der Waals surface area contributed by atoms with E-state index in [4.69, 9.17) is 5.14 Å². The van der Waals surface area contributed by atoms with E-state index in [0.717, 1.165) is 0 Å². The van der Waals surface area contributed by atoms with Crippen molar-refractivity contribution < 1.29 is 4.21 Å². The second kappa shape index (κ2) is 2.04. The van der Waals surface area contributed by atoms with E-state index < -0.39 is 8.86 Å². The zero-order valence-corrected chi connectivity index (χ0v) is 5.88. The Balaban J connectivity index is 4.10. The Hall–Kier alpha value is 0.290. The molecular formula is C2H8N2OS2. The Morgan fingerprint density at radius 2 is 1.86 bits per heavy atom. The lowest BCUT2D eigenvalue weighted by molar-refractivity contribution is 0.602. The first kappa shape index (κ1) is 7.29. The molecule has 1 unspecified atom stereocenters. The number of hydrogen-bond acceptors (Lipinski definition) is 2. The van der Waals surface area contributed by atoms with Gasteiger partial charge in [0.15, 0.2) is 8.86 Å². The van der Waals surface area contributed by atoms with Gasteiger partial charge in [0.25, 0.3) is 0 Å². The summed E-state index contributed by atoms with van der Waals surface area (Å²) in [7, 11) is 0.583. The SMILES string of the molecule is CN(C)S(N)(=O)=S. The molecule has 0 amide bonds. The summed E-state index contributed by atoms with van der Waals surface area (Å²) in [6, 6.07) is 0. The van der Waals surface area contributed by atoms with Crippen LogP contribution in [0.5, 0.6) is 0 Å². The van der Waals surface area contributed by atoms with Gasteiger partial charge in [-0.2, -0.15) is 0 Å². The summed E-state index contributed by atoms with van der Waals surface area (Å²) >= 11 is 4.34. The zero-order chi connectivity index (χ0) is 6.08. The maximum Gasteiger partial charge on any atom is 0.152 e. The second-order valence-corrected chi connectivity index (χ2v) is 4.52. The van der Waals surface area contributed by atoms with Crippen molar-refractivity contribution in [1.29, 1.82) is 0 Å². The predicted molar refractivity (Wildman–Crippen MR) is 33.4 cm³/mol. The molecule has 0 aliphatic carbocycles. The molecule has 44 valence electrons. The van der Waals surface area contributed by atoms with Gasteiger partial charge in [-0.3, -0.25) is 0 Å². The first-order valence-corrected chi connectivity index (χ1v) is 4.15. The molecule has 0 radical (unpaired) electrons. The summed E-state index contributed by atoms with van der Waals surface area (Å²) in [6.07, 6.45) is 0. The van der Waals surface area contributed by atoms with E-state index in [2.05, 4.69) is 11.2 Å². The molecule has 3 nitrogen and oxygen atoms in total. The largest absolute Gasteiger partial charge is 0.238 e. The Morgan fingerprint density at radius 3 is 1.86 bits per heavy atom. The topological polar surface area (TPSA) is 46.3 Å². The van der Waals surface area contributed by atoms with E-state index in [1.54, 1.807) is 14.1 Å². The first-order valence-electron chi connectivity index (χ1n) is 1.65. The first-order chi connectivity index (χ1) is 2.94. The Morgan fingerprint density at radius 1 is 1.71 bits per heavy atom. The van der Waals surface area contributed by atoms with Gasteiger partial charge in [-0.15, -0.1) is 0 Å². The van der Waals surface area contributed by atoms with Crippen molar-refractivity contribution in [3.63, 3.8) is 0 Å². The lowest BCUT2D eigenvalue weighted by Gasteiger charge is -2.06. The molecule has 0 rings (SSSR count). The van der Waals surface area contributed by atoms with Crippen molar-refractivity contribution in [2.75, 3.05) is 14.1 Å². The van der Waals surface area contributed by atoms with Crippen LogP contribution in [-0.4, -0.2) is 22.6 Å². The lowest BCUT2D eigenvalue weighted by atomic mass is 11.3. The third-order valence-electron chi connectivity index (χ3n) is 0.509. The van der Waals surface area contributed by atoms with E-state index in [1.807, 2.05) is 0 Å². The van der Waals surface area contributed by atoms with Crippen LogP contribution in [0.3, 0.4) is 0 Å². The van der Waals surface area contributed by atoms with Crippen LogP contribution in [0.15, 0.2) is 0 Å². The van der Waals surface area contributed by atoms with E-state index in [1.165, 1.54) is 4.31 Å². The van der Waals surface area contributed by atoms with Crippen LogP contribution in [-0.2, 0) is 20.1 Å². The molecule has 0 aromatic rings. The van der Waals surface area contributed by atoms with Crippen LogP contribution in [0.25, 0.3) is 0 Å². The molecule has 1 atom stereocenters. The third-order valence-corrected chi connectivity index (χ3v) is 2.42. The highest BCUT2D eigenvalue weighted by atomic mass is 32.8. The fourth-order valence-electron chi connectivity index (χ4n) is 0. The number of rotatable bonds is 1. The number of hydrogen-bond donors (Lipinski definition) is 1. The molecule has 0 spiro atoms. The normalized spacial score (nSPS) is 19.4. The summed E-state index contributed by atoms with van der Waals surface area (Å²) in [5, 5.41) is 4.95. The summed E-state index contributed by atoms with van der Waals surface area (Å²) in [4.78, 5) is 0. The van der Waals surface area contributed by atoms with Crippen LogP contribution < -0.4 is 5.14 Å². The van der Waals surface area contributed by atoms with Crippen molar-refractivity contribution >= 4 is 20.1 Å². The molecule has 0 saturated heterocycles. The van der Waals surface area contributed by atoms with E-state index >= 15 is 0 Å². The standard InChI is InChI=1S/C2H8N2OS2/c1-4(2)7(3,5)6/h1-2H3,(H2,3,5,6). The summed E-state index contributed by atoms with van der Waals surface area (Å²) in [6.45, 7) is 0. The average Bonchev–Trinajstić information content (AvgIpc) is 1.31. The predicted octanol–water partition coefficient (Wildman–Crippen LogP) is -0.917. The smallest absolute Gasteiger partial charge is 0.152 e. The van der Waals surface area contributed by atoms with Crippen LogP contribution in [0.1, 0.15) is 0 Å². The second-order valence-electron chi connectivity index (χ2n) is 1.33. The highest BCUT2D eigenvalue weighted by Gasteiger charge is 1.96. The third kappa shape index (κ3) is 2.93. The van der Waals surface area contributed by atoms with E-state index in [0.29, 0.717) is 0 Å². The van der Waals surface area contributed by atoms with Gasteiger partial charge >= 0.3 is 0 Å². The van der Waals surface area contributed by atoms with Crippen molar-refractivity contribution in [3.05, 3.63) is 0 Å². The van der Waals surface area contributed by atoms with Gasteiger partial charge < -0.3 is 0 Å². The van der Waals surface area contributed by atoms with Crippen molar-refractivity contribution in [1.82, 2.24) is 4.31 Å². The fourth-order valence-corrected chi connectivity index (χ4v) is 0. The summed E-state index contributed by atoms with van der Waals surface area (Å²) in [5.74, 6) is 0. The minimum atomic E-state index is -2.57. The van der Waals surface area contributed by atoms with E-state index in [9.17, 15) is 4.21 Å². The van der Waals surface area contributed by atoms with Crippen molar-refractivity contribution in [2.24, 2.45) is 5.14 Å². The monoisotopic (exact) mass is 140 g/mol. The molecule has 2 N–H and O–H groups in total. The van der Waals surface area contributed by atoms with Crippen molar-refractivity contribution in [3.8, 4) is 0 Å². The molecule has 0 aromatic heterocycles. The minimum absolute atomic E-state index is 1.31. The quantitative estimate of drug-likeness (QED) is 0.512. The Labute approximate surface area is 48.4 Å². The molecule has 0 bridgehead atoms. The Kier molecular flexibility index (Phi) is 2.12. The molecule has 0 heterocycles. The van der Waals surface area contributed by atoms with Crippen LogP contribution in [0.2, 0.25) is 0 Å². The number of nitrogens with two attached hydrogens (primary N) is 1. The molecule has 0 fully saturated rings. The van der Waals surface area contributed by atoms with Gasteiger partial charge in [-0.1, -0.05) is 0 Å². The van der Waals surface area contributed by atoms with Gasteiger partial charge in [-0.05, 0) is 0 Å². The van der Waals surface area contributed by atoms with Gasteiger partial charge in [-0.25, -0.2) is 13.7 Å². The highest BCUT2D eigenvalue weighted by molar-refractivity contribution is 8.30. The Bertz CT molecular complexity index is 136. The molecule has 0 aromatic carbocycles. The zero-order valence-electron chi connectivity index (χ0n) is 4.25. The lowest BCUT2D eigenvalue weighted by Crippen LogP contribution is -2.28. The van der Waals surface area contributed by atoms with Gasteiger partial charge in [0.1, 0.15) is 0 Å². The maximum absolute atomic E-state index is 10.4. The molecular weight excluding hydrogens is 132 g/mol. The molecule has 0 aliphatic rings. The summed E-state index contributed by atoms with van der Waals surface area (Å²) in [5.41, 5.74) is 0.